The maximum absolute atomic E-state index is 12.8. The van der Waals surface area contributed by atoms with E-state index in [4.69, 9.17) is 4.42 Å². The van der Waals surface area contributed by atoms with Crippen molar-refractivity contribution in [3.05, 3.63) is 24.2 Å². The Hall–Kier alpha value is -1.82. The Labute approximate surface area is 142 Å². The average Bonchev–Trinajstić information content (AvgIpc) is 3.24. The Morgan fingerprint density at radius 2 is 1.96 bits per heavy atom. The number of likely N-dealkylation sites (tertiary alicyclic amines) is 1. The highest BCUT2D eigenvalue weighted by atomic mass is 16.3. The number of fused-ring (bicyclic) bond motifs is 2. The van der Waals surface area contributed by atoms with Gasteiger partial charge >= 0.3 is 0 Å². The molecule has 1 aromatic rings. The first-order valence-corrected chi connectivity index (χ1v) is 9.11. The molecule has 3 aliphatic rings. The van der Waals surface area contributed by atoms with Gasteiger partial charge < -0.3 is 20.0 Å². The number of carbonyl (C=O) groups excluding carboxylic acids is 2. The summed E-state index contributed by atoms with van der Waals surface area (Å²) < 4.78 is 5.23. The number of nitrogens with zero attached hydrogens (tertiary/aromatic N) is 1. The predicted octanol–water partition coefficient (Wildman–Crippen LogP) is 1.67. The zero-order valence-corrected chi connectivity index (χ0v) is 13.9. The number of amides is 2. The molecule has 4 rings (SSSR count). The zero-order chi connectivity index (χ0) is 16.5. The summed E-state index contributed by atoms with van der Waals surface area (Å²) in [5, 5.41) is 6.81. The molecule has 0 aromatic carbocycles. The number of rotatable bonds is 3. The van der Waals surface area contributed by atoms with Crippen molar-refractivity contribution < 1.29 is 14.0 Å². The van der Waals surface area contributed by atoms with Crippen molar-refractivity contribution in [2.45, 2.75) is 69.1 Å². The van der Waals surface area contributed by atoms with Gasteiger partial charge in [0.05, 0.1) is 6.26 Å². The van der Waals surface area contributed by atoms with Crippen LogP contribution in [0.15, 0.2) is 22.8 Å². The van der Waals surface area contributed by atoms with Crippen LogP contribution in [-0.2, 0) is 4.79 Å². The van der Waals surface area contributed by atoms with Crippen molar-refractivity contribution in [2.24, 2.45) is 0 Å². The van der Waals surface area contributed by atoms with Crippen LogP contribution >= 0.6 is 0 Å². The SMILES string of the molecule is O=C(NC1CC2CCC(C1)N2)C1CCCCN1C(=O)c1ccco1. The van der Waals surface area contributed by atoms with Crippen LogP contribution in [0.5, 0.6) is 0 Å². The van der Waals surface area contributed by atoms with Gasteiger partial charge in [-0.25, -0.2) is 0 Å². The summed E-state index contributed by atoms with van der Waals surface area (Å²) >= 11 is 0. The summed E-state index contributed by atoms with van der Waals surface area (Å²) in [6, 6.07) is 4.32. The van der Waals surface area contributed by atoms with Gasteiger partial charge in [-0.2, -0.15) is 0 Å². The first-order valence-electron chi connectivity index (χ1n) is 9.11. The molecule has 3 aliphatic heterocycles. The van der Waals surface area contributed by atoms with Gasteiger partial charge in [-0.05, 0) is 57.1 Å². The van der Waals surface area contributed by atoms with Gasteiger partial charge in [-0.3, -0.25) is 9.59 Å². The largest absolute Gasteiger partial charge is 0.459 e. The molecule has 0 aliphatic carbocycles. The molecule has 6 nitrogen and oxygen atoms in total. The van der Waals surface area contributed by atoms with Gasteiger partial charge in [0.2, 0.25) is 5.91 Å². The molecule has 0 radical (unpaired) electrons. The van der Waals surface area contributed by atoms with Gasteiger partial charge in [0, 0.05) is 24.7 Å². The number of nitrogens with one attached hydrogen (secondary N) is 2. The van der Waals surface area contributed by atoms with Crippen LogP contribution in [0.3, 0.4) is 0 Å². The van der Waals surface area contributed by atoms with Gasteiger partial charge in [0.1, 0.15) is 6.04 Å². The lowest BCUT2D eigenvalue weighted by molar-refractivity contribution is -0.127. The minimum atomic E-state index is -0.371. The molecule has 3 fully saturated rings. The molecule has 2 amide bonds. The maximum Gasteiger partial charge on any atom is 0.290 e. The number of furan rings is 1. The monoisotopic (exact) mass is 331 g/mol. The van der Waals surface area contributed by atoms with E-state index in [1.807, 2.05) is 0 Å². The number of hydrogen-bond donors (Lipinski definition) is 2. The van der Waals surface area contributed by atoms with Crippen molar-refractivity contribution in [3.8, 4) is 0 Å². The minimum absolute atomic E-state index is 0.000839. The van der Waals surface area contributed by atoms with Crippen LogP contribution in [0.25, 0.3) is 0 Å². The van der Waals surface area contributed by atoms with Crippen LogP contribution < -0.4 is 10.6 Å². The summed E-state index contributed by atoms with van der Waals surface area (Å²) in [5.41, 5.74) is 0. The highest BCUT2D eigenvalue weighted by molar-refractivity contribution is 5.95. The third kappa shape index (κ3) is 3.07. The van der Waals surface area contributed by atoms with Crippen LogP contribution in [-0.4, -0.2) is 47.4 Å². The fourth-order valence-electron chi connectivity index (χ4n) is 4.46. The van der Waals surface area contributed by atoms with Crippen molar-refractivity contribution in [1.82, 2.24) is 15.5 Å². The highest BCUT2D eigenvalue weighted by Gasteiger charge is 2.37. The van der Waals surface area contributed by atoms with E-state index in [0.717, 1.165) is 32.1 Å². The van der Waals surface area contributed by atoms with E-state index in [1.54, 1.807) is 17.0 Å². The van der Waals surface area contributed by atoms with Crippen molar-refractivity contribution in [1.29, 1.82) is 0 Å². The lowest BCUT2D eigenvalue weighted by Crippen LogP contribution is -2.56. The van der Waals surface area contributed by atoms with E-state index in [0.29, 0.717) is 24.4 Å². The second kappa shape index (κ2) is 6.59. The molecule has 0 saturated carbocycles. The Balaban J connectivity index is 1.42. The maximum atomic E-state index is 12.8. The van der Waals surface area contributed by atoms with E-state index in [-0.39, 0.29) is 23.9 Å². The molecular weight excluding hydrogens is 306 g/mol. The zero-order valence-electron chi connectivity index (χ0n) is 13.9. The quantitative estimate of drug-likeness (QED) is 0.884. The lowest BCUT2D eigenvalue weighted by Gasteiger charge is -2.36. The molecule has 2 bridgehead atoms. The van der Waals surface area contributed by atoms with Crippen LogP contribution in [0.2, 0.25) is 0 Å². The fourth-order valence-corrected chi connectivity index (χ4v) is 4.46. The Kier molecular flexibility index (Phi) is 4.31. The van der Waals surface area contributed by atoms with Gasteiger partial charge in [0.15, 0.2) is 5.76 Å². The Morgan fingerprint density at radius 1 is 1.17 bits per heavy atom. The molecule has 4 heterocycles. The molecule has 130 valence electrons. The van der Waals surface area contributed by atoms with Gasteiger partial charge in [-0.15, -0.1) is 0 Å². The Bertz CT molecular complexity index is 589. The smallest absolute Gasteiger partial charge is 0.290 e. The minimum Gasteiger partial charge on any atom is -0.459 e. The second-order valence-corrected chi connectivity index (χ2v) is 7.30. The first-order chi connectivity index (χ1) is 11.7. The van der Waals surface area contributed by atoms with E-state index in [1.165, 1.54) is 19.1 Å². The van der Waals surface area contributed by atoms with Crippen LogP contribution in [0.1, 0.15) is 55.5 Å². The third-order valence-electron chi connectivity index (χ3n) is 5.62. The summed E-state index contributed by atoms with van der Waals surface area (Å²) in [6.45, 7) is 0.620. The summed E-state index contributed by atoms with van der Waals surface area (Å²) in [5.74, 6) is 0.140. The molecule has 24 heavy (non-hydrogen) atoms. The summed E-state index contributed by atoms with van der Waals surface area (Å²) in [6.07, 6.45) is 8.58. The summed E-state index contributed by atoms with van der Waals surface area (Å²) in [7, 11) is 0. The van der Waals surface area contributed by atoms with Gasteiger partial charge in [0.25, 0.3) is 5.91 Å². The van der Waals surface area contributed by atoms with Gasteiger partial charge in [-0.1, -0.05) is 0 Å². The van der Waals surface area contributed by atoms with Crippen LogP contribution in [0, 0.1) is 0 Å². The van der Waals surface area contributed by atoms with E-state index >= 15 is 0 Å². The highest BCUT2D eigenvalue weighted by Crippen LogP contribution is 2.27. The average molecular weight is 331 g/mol. The summed E-state index contributed by atoms with van der Waals surface area (Å²) in [4.78, 5) is 27.1. The standard InChI is InChI=1S/C18H25N3O3/c22-17(20-14-10-12-6-7-13(11-14)19-12)15-4-1-2-8-21(15)18(23)16-5-3-9-24-16/h3,5,9,12-15,19H,1-2,4,6-8,10-11H2,(H,20,22). The second-order valence-electron chi connectivity index (χ2n) is 7.30. The molecule has 3 unspecified atom stereocenters. The van der Waals surface area contributed by atoms with Crippen molar-refractivity contribution >= 4 is 11.8 Å². The number of carbonyl (C=O) groups is 2. The number of hydrogen-bond acceptors (Lipinski definition) is 4. The predicted molar refractivity (Wildman–Crippen MR) is 88.5 cm³/mol. The molecule has 3 atom stereocenters. The first kappa shape index (κ1) is 15.7. The topological polar surface area (TPSA) is 74.6 Å². The molecular formula is C18H25N3O3. The van der Waals surface area contributed by atoms with Crippen molar-refractivity contribution in [2.75, 3.05) is 6.54 Å². The van der Waals surface area contributed by atoms with Crippen molar-refractivity contribution in [3.63, 3.8) is 0 Å². The van der Waals surface area contributed by atoms with E-state index < -0.39 is 0 Å². The number of piperidine rings is 2. The molecule has 3 saturated heterocycles. The fraction of sp³-hybridized carbons (Fsp3) is 0.667. The normalized spacial score (nSPS) is 32.6. The Morgan fingerprint density at radius 3 is 2.67 bits per heavy atom. The van der Waals surface area contributed by atoms with E-state index in [2.05, 4.69) is 10.6 Å². The molecule has 1 aromatic heterocycles. The van der Waals surface area contributed by atoms with Crippen LogP contribution in [0.4, 0.5) is 0 Å². The molecule has 2 N–H and O–H groups in total. The lowest BCUT2D eigenvalue weighted by atomic mass is 9.97. The molecule has 0 spiro atoms. The third-order valence-corrected chi connectivity index (χ3v) is 5.62. The molecule has 6 heteroatoms. The van der Waals surface area contributed by atoms with E-state index in [9.17, 15) is 9.59 Å².